The fraction of sp³-hybridized carbons (Fsp3) is 0.364. The molecule has 0 fully saturated rings. The van der Waals surface area contributed by atoms with Crippen LogP contribution < -0.4 is 10.1 Å². The molecule has 1 atom stereocenters. The highest BCUT2D eigenvalue weighted by Gasteiger charge is 2.23. The van der Waals surface area contributed by atoms with Gasteiger partial charge in [0.15, 0.2) is 5.78 Å². The van der Waals surface area contributed by atoms with Crippen LogP contribution in [0.4, 0.5) is 4.79 Å². The van der Waals surface area contributed by atoms with Gasteiger partial charge in [0.25, 0.3) is 0 Å². The first-order valence-corrected chi connectivity index (χ1v) is 10.2. The first-order valence-electron chi connectivity index (χ1n) is 9.10. The van der Waals surface area contributed by atoms with Crippen molar-refractivity contribution in [2.75, 3.05) is 5.33 Å². The fourth-order valence-corrected chi connectivity index (χ4v) is 2.88. The minimum atomic E-state index is -0.662. The van der Waals surface area contributed by atoms with E-state index in [-0.39, 0.29) is 11.1 Å². The van der Waals surface area contributed by atoms with E-state index < -0.39 is 17.7 Å². The monoisotopic (exact) mass is 447 g/mol. The summed E-state index contributed by atoms with van der Waals surface area (Å²) in [7, 11) is 0. The molecule has 5 nitrogen and oxygen atoms in total. The molecule has 0 aliphatic rings. The topological polar surface area (TPSA) is 64.6 Å². The largest absolute Gasteiger partial charge is 0.489 e. The van der Waals surface area contributed by atoms with Crippen molar-refractivity contribution < 1.29 is 19.1 Å². The zero-order valence-corrected chi connectivity index (χ0v) is 18.0. The van der Waals surface area contributed by atoms with Crippen LogP contribution >= 0.6 is 15.9 Å². The third-order valence-corrected chi connectivity index (χ3v) is 4.38. The number of Topliss-reactive ketones (excluding diaryl/α,β-unsaturated/α-hetero) is 1. The van der Waals surface area contributed by atoms with E-state index in [4.69, 9.17) is 9.47 Å². The Labute approximate surface area is 174 Å². The molecule has 0 aliphatic carbocycles. The third-order valence-electron chi connectivity index (χ3n) is 3.82. The van der Waals surface area contributed by atoms with Crippen LogP contribution in [0.2, 0.25) is 0 Å². The van der Waals surface area contributed by atoms with Gasteiger partial charge in [-0.05, 0) is 50.5 Å². The van der Waals surface area contributed by atoms with Crippen LogP contribution in [0.1, 0.15) is 31.9 Å². The Kier molecular flexibility index (Phi) is 8.05. The van der Waals surface area contributed by atoms with Crippen LogP contribution in [0.25, 0.3) is 0 Å². The number of ketones is 1. The molecule has 28 heavy (non-hydrogen) atoms. The first kappa shape index (κ1) is 22.0. The van der Waals surface area contributed by atoms with Gasteiger partial charge in [-0.3, -0.25) is 4.79 Å². The minimum Gasteiger partial charge on any atom is -0.489 e. The number of alkyl carbamates (subject to hydrolysis) is 1. The molecule has 1 N–H and O–H groups in total. The molecule has 0 saturated carbocycles. The lowest BCUT2D eigenvalue weighted by molar-refractivity contribution is -0.118. The summed E-state index contributed by atoms with van der Waals surface area (Å²) >= 11 is 3.17. The molecule has 150 valence electrons. The Hall–Kier alpha value is -2.34. The van der Waals surface area contributed by atoms with E-state index in [1.54, 1.807) is 20.8 Å². The Balaban J connectivity index is 1.96. The van der Waals surface area contributed by atoms with Crippen molar-refractivity contribution in [3.63, 3.8) is 0 Å². The molecule has 1 amide bonds. The molecule has 0 unspecified atom stereocenters. The van der Waals surface area contributed by atoms with Crippen molar-refractivity contribution in [3.8, 4) is 5.75 Å². The molecule has 6 heteroatoms. The molecule has 0 heterocycles. The van der Waals surface area contributed by atoms with E-state index in [2.05, 4.69) is 21.2 Å². The summed E-state index contributed by atoms with van der Waals surface area (Å²) in [6.45, 7) is 5.83. The Morgan fingerprint density at radius 2 is 1.64 bits per heavy atom. The number of carbonyl (C=O) groups is 2. The van der Waals surface area contributed by atoms with E-state index in [0.29, 0.717) is 13.0 Å². The van der Waals surface area contributed by atoms with Gasteiger partial charge in [0, 0.05) is 0 Å². The number of hydrogen-bond donors (Lipinski definition) is 1. The number of rotatable bonds is 8. The number of benzene rings is 2. The van der Waals surface area contributed by atoms with Gasteiger partial charge in [0.05, 0.1) is 11.4 Å². The van der Waals surface area contributed by atoms with E-state index >= 15 is 0 Å². The second kappa shape index (κ2) is 10.3. The average molecular weight is 448 g/mol. The van der Waals surface area contributed by atoms with E-state index in [1.165, 1.54) is 0 Å². The van der Waals surface area contributed by atoms with E-state index in [1.807, 2.05) is 54.6 Å². The van der Waals surface area contributed by atoms with E-state index in [9.17, 15) is 9.59 Å². The van der Waals surface area contributed by atoms with Crippen molar-refractivity contribution in [1.29, 1.82) is 0 Å². The SMILES string of the molecule is CC(C)(C)OC(=O)N[C@@H](Cc1ccc(OCc2ccccc2)cc1)C(=O)CBr. The second-order valence-electron chi connectivity index (χ2n) is 7.42. The molecule has 0 aliphatic heterocycles. The summed E-state index contributed by atoms with van der Waals surface area (Å²) in [5.74, 6) is 0.631. The van der Waals surface area contributed by atoms with Gasteiger partial charge in [-0.25, -0.2) is 4.79 Å². The molecule has 0 radical (unpaired) electrons. The molecule has 2 rings (SSSR count). The highest BCUT2D eigenvalue weighted by Crippen LogP contribution is 2.16. The fourth-order valence-electron chi connectivity index (χ4n) is 2.49. The maximum atomic E-state index is 12.2. The molecule has 0 saturated heterocycles. The highest BCUT2D eigenvalue weighted by atomic mass is 79.9. The molecule has 0 aromatic heterocycles. The van der Waals surface area contributed by atoms with Crippen molar-refractivity contribution in [1.82, 2.24) is 5.32 Å². The van der Waals surface area contributed by atoms with E-state index in [0.717, 1.165) is 16.9 Å². The first-order chi connectivity index (χ1) is 13.3. The maximum Gasteiger partial charge on any atom is 0.408 e. The van der Waals surface area contributed by atoms with Crippen LogP contribution in [0, 0.1) is 0 Å². The molecule has 0 bridgehead atoms. The summed E-state index contributed by atoms with van der Waals surface area (Å²) in [4.78, 5) is 24.2. The van der Waals surface area contributed by atoms with Crippen molar-refractivity contribution in [3.05, 3.63) is 65.7 Å². The number of amides is 1. The number of ether oxygens (including phenoxy) is 2. The van der Waals surface area contributed by atoms with Gasteiger partial charge < -0.3 is 14.8 Å². The average Bonchev–Trinajstić information content (AvgIpc) is 2.65. The van der Waals surface area contributed by atoms with Gasteiger partial charge in [-0.15, -0.1) is 0 Å². The van der Waals surface area contributed by atoms with Crippen LogP contribution in [0.3, 0.4) is 0 Å². The van der Waals surface area contributed by atoms with Gasteiger partial charge >= 0.3 is 6.09 Å². The van der Waals surface area contributed by atoms with Crippen molar-refractivity contribution >= 4 is 27.8 Å². The third kappa shape index (κ3) is 7.72. The zero-order chi connectivity index (χ0) is 20.6. The normalized spacial score (nSPS) is 12.1. The van der Waals surface area contributed by atoms with Crippen molar-refractivity contribution in [2.45, 2.75) is 45.4 Å². The lowest BCUT2D eigenvalue weighted by Crippen LogP contribution is -2.45. The summed E-state index contributed by atoms with van der Waals surface area (Å²) in [6.07, 6.45) is -0.225. The lowest BCUT2D eigenvalue weighted by Gasteiger charge is -2.23. The predicted molar refractivity (Wildman–Crippen MR) is 113 cm³/mol. The van der Waals surface area contributed by atoms with Gasteiger partial charge in [0.1, 0.15) is 18.0 Å². The van der Waals surface area contributed by atoms with Crippen LogP contribution in [-0.4, -0.2) is 28.8 Å². The summed E-state index contributed by atoms with van der Waals surface area (Å²) in [6, 6.07) is 16.8. The number of alkyl halides is 1. The second-order valence-corrected chi connectivity index (χ2v) is 7.98. The number of hydrogen-bond acceptors (Lipinski definition) is 4. The van der Waals surface area contributed by atoms with Crippen LogP contribution in [0.5, 0.6) is 5.75 Å². The predicted octanol–water partition coefficient (Wildman–Crippen LogP) is 4.67. The minimum absolute atomic E-state index is 0.115. The number of nitrogens with one attached hydrogen (secondary N) is 1. The molecule has 2 aromatic rings. The highest BCUT2D eigenvalue weighted by molar-refractivity contribution is 9.09. The summed E-state index contributed by atoms with van der Waals surface area (Å²) < 4.78 is 11.0. The quantitative estimate of drug-likeness (QED) is 0.597. The molecular weight excluding hydrogens is 422 g/mol. The summed E-state index contributed by atoms with van der Waals surface area (Å²) in [5, 5.41) is 2.82. The molecule has 2 aromatic carbocycles. The maximum absolute atomic E-state index is 12.2. The Morgan fingerprint density at radius 3 is 2.21 bits per heavy atom. The molecule has 0 spiro atoms. The Morgan fingerprint density at radius 1 is 1.00 bits per heavy atom. The number of carbonyl (C=O) groups excluding carboxylic acids is 2. The van der Waals surface area contributed by atoms with Crippen molar-refractivity contribution in [2.24, 2.45) is 0 Å². The van der Waals surface area contributed by atoms with Crippen LogP contribution in [0.15, 0.2) is 54.6 Å². The van der Waals surface area contributed by atoms with Gasteiger partial charge in [-0.2, -0.15) is 0 Å². The number of halogens is 1. The Bertz CT molecular complexity index is 769. The zero-order valence-electron chi connectivity index (χ0n) is 16.4. The van der Waals surface area contributed by atoms with Gasteiger partial charge in [0.2, 0.25) is 0 Å². The summed E-state index contributed by atoms with van der Waals surface area (Å²) in [5.41, 5.74) is 1.39. The van der Waals surface area contributed by atoms with Crippen LogP contribution in [-0.2, 0) is 22.6 Å². The lowest BCUT2D eigenvalue weighted by atomic mass is 10.0. The smallest absolute Gasteiger partial charge is 0.408 e. The van der Waals surface area contributed by atoms with Gasteiger partial charge in [-0.1, -0.05) is 58.4 Å². The standard InChI is InChI=1S/C22H26BrNO4/c1-22(2,3)28-21(26)24-19(20(25)14-23)13-16-9-11-18(12-10-16)27-15-17-7-5-4-6-8-17/h4-12,19H,13-15H2,1-3H3,(H,24,26)/t19-/m0/s1. The molecular formula is C22H26BrNO4.